The maximum atomic E-state index is 2.29. The molecular formula is C66H90. The highest BCUT2D eigenvalue weighted by Crippen LogP contribution is 2.55. The Bertz CT molecular complexity index is 1900. The van der Waals surface area contributed by atoms with Gasteiger partial charge in [-0.15, -0.1) is 0 Å². The standard InChI is InChI=1S/C25H18.C13H12.2C6H6.C3H8.6C2H6.CH4/c1-3-11-19(12-4-1)25(20-13-5-2-6-14-20)23-17-9-7-15-21(23)22-16-8-10-18-24(22)25;1-3-7-12(8-4-1)11-13-9-5-2-6-10-13;2*1-2-4-6-5-3-1;1-3-2;6*1-2;/h1-18H;1-10H,11H2;2*1-6H;3H2,1-2H3;6*1-2H3;1H4. The molecular weight excluding hydrogens is 793 g/mol. The number of fused-ring (bicyclic) bond motifs is 3. The van der Waals surface area contributed by atoms with Gasteiger partial charge in [-0.1, -0.05) is 353 Å². The third-order valence-corrected chi connectivity index (χ3v) is 8.79. The molecule has 0 heterocycles. The van der Waals surface area contributed by atoms with Gasteiger partial charge in [-0.25, -0.2) is 0 Å². The molecule has 0 radical (unpaired) electrons. The van der Waals surface area contributed by atoms with E-state index in [1.165, 1.54) is 50.9 Å². The van der Waals surface area contributed by atoms with E-state index >= 15 is 0 Å². The number of hydrogen-bond donors (Lipinski definition) is 0. The number of benzene rings is 8. The minimum Gasteiger partial charge on any atom is -0.0776 e. The molecule has 0 fully saturated rings. The first-order valence-electron chi connectivity index (χ1n) is 24.7. The van der Waals surface area contributed by atoms with Crippen LogP contribution < -0.4 is 0 Å². The monoisotopic (exact) mass is 883 g/mol. The van der Waals surface area contributed by atoms with Crippen molar-refractivity contribution in [2.45, 2.75) is 123 Å². The summed E-state index contributed by atoms with van der Waals surface area (Å²) in [6.07, 6.45) is 2.28. The Morgan fingerprint density at radius 2 is 0.439 bits per heavy atom. The Morgan fingerprint density at radius 3 is 0.682 bits per heavy atom. The minimum atomic E-state index is -0.254. The highest BCUT2D eigenvalue weighted by atomic mass is 14.5. The van der Waals surface area contributed by atoms with Crippen molar-refractivity contribution in [2.75, 3.05) is 0 Å². The second kappa shape index (κ2) is 45.3. The van der Waals surface area contributed by atoms with Gasteiger partial charge >= 0.3 is 0 Å². The maximum Gasteiger partial charge on any atom is 0.0713 e. The SMILES string of the molecule is C.CC.CC.CC.CC.CC.CC.CCC.c1ccc(C2(c3ccccc3)c3ccccc3-c3ccccc32)cc1.c1ccc(Cc2ccccc2)cc1.c1ccccc1.c1ccccc1. The molecule has 1 aliphatic rings. The van der Waals surface area contributed by atoms with Crippen LogP contribution >= 0.6 is 0 Å². The van der Waals surface area contributed by atoms with Crippen molar-refractivity contribution in [3.05, 3.63) is 276 Å². The fourth-order valence-electron chi connectivity index (χ4n) is 6.60. The van der Waals surface area contributed by atoms with Crippen molar-refractivity contribution in [2.24, 2.45) is 0 Å². The Morgan fingerprint density at radius 1 is 0.258 bits per heavy atom. The van der Waals surface area contributed by atoms with E-state index in [1.54, 1.807) is 0 Å². The third-order valence-electron chi connectivity index (χ3n) is 8.79. The van der Waals surface area contributed by atoms with Crippen LogP contribution in [0.4, 0.5) is 0 Å². The van der Waals surface area contributed by atoms with E-state index in [2.05, 4.69) is 184 Å². The molecule has 0 atom stereocenters. The van der Waals surface area contributed by atoms with E-state index in [-0.39, 0.29) is 12.8 Å². The van der Waals surface area contributed by atoms with Crippen molar-refractivity contribution < 1.29 is 0 Å². The van der Waals surface area contributed by atoms with Gasteiger partial charge in [-0.3, -0.25) is 0 Å². The Hall–Kier alpha value is -6.24. The van der Waals surface area contributed by atoms with Crippen molar-refractivity contribution in [3.8, 4) is 11.1 Å². The van der Waals surface area contributed by atoms with Crippen molar-refractivity contribution >= 4 is 0 Å². The second-order valence-electron chi connectivity index (χ2n) is 12.7. The molecule has 9 rings (SSSR count). The zero-order chi connectivity index (χ0) is 48.8. The first-order valence-corrected chi connectivity index (χ1v) is 24.7. The first kappa shape index (κ1) is 64.0. The summed E-state index contributed by atoms with van der Waals surface area (Å²) in [6.45, 7) is 28.2. The third kappa shape index (κ3) is 22.1. The van der Waals surface area contributed by atoms with Gasteiger partial charge in [0, 0.05) is 0 Å². The van der Waals surface area contributed by atoms with E-state index in [4.69, 9.17) is 0 Å². The summed E-state index contributed by atoms with van der Waals surface area (Å²) >= 11 is 0. The molecule has 0 bridgehead atoms. The highest BCUT2D eigenvalue weighted by molar-refractivity contribution is 5.86. The molecule has 354 valence electrons. The smallest absolute Gasteiger partial charge is 0.0713 e. The molecule has 0 amide bonds. The Balaban J connectivity index is -0.000000817. The predicted molar refractivity (Wildman–Crippen MR) is 303 cm³/mol. The summed E-state index contributed by atoms with van der Waals surface area (Å²) in [5.41, 5.74) is 10.5. The van der Waals surface area contributed by atoms with Gasteiger partial charge in [0.15, 0.2) is 0 Å². The summed E-state index contributed by atoms with van der Waals surface area (Å²) in [6, 6.07) is 84.5. The maximum absolute atomic E-state index is 2.29. The first-order chi connectivity index (χ1) is 32.3. The fraction of sp³-hybridized carbons (Fsp3) is 0.273. The summed E-state index contributed by atoms with van der Waals surface area (Å²) in [5.74, 6) is 0. The summed E-state index contributed by atoms with van der Waals surface area (Å²) in [4.78, 5) is 0. The molecule has 0 heteroatoms. The van der Waals surface area contributed by atoms with Crippen LogP contribution in [0.5, 0.6) is 0 Å². The topological polar surface area (TPSA) is 0 Å². The van der Waals surface area contributed by atoms with Gasteiger partial charge < -0.3 is 0 Å². The average Bonchev–Trinajstić information content (AvgIpc) is 3.74. The lowest BCUT2D eigenvalue weighted by Crippen LogP contribution is -2.28. The zero-order valence-corrected chi connectivity index (χ0v) is 43.0. The lowest BCUT2D eigenvalue weighted by molar-refractivity contribution is 0.768. The van der Waals surface area contributed by atoms with Crippen molar-refractivity contribution in [1.29, 1.82) is 0 Å². The number of rotatable bonds is 4. The second-order valence-corrected chi connectivity index (χ2v) is 12.7. The molecule has 0 unspecified atom stereocenters. The summed E-state index contributed by atoms with van der Waals surface area (Å²) in [5, 5.41) is 0. The normalized spacial score (nSPS) is 9.48. The van der Waals surface area contributed by atoms with E-state index < -0.39 is 0 Å². The average molecular weight is 883 g/mol. The quantitative estimate of drug-likeness (QED) is 0.165. The molecule has 1 aliphatic carbocycles. The van der Waals surface area contributed by atoms with E-state index in [9.17, 15) is 0 Å². The van der Waals surface area contributed by atoms with Gasteiger partial charge in [0.2, 0.25) is 0 Å². The van der Waals surface area contributed by atoms with Crippen LogP contribution in [0.25, 0.3) is 11.1 Å². The predicted octanol–water partition coefficient (Wildman–Crippen LogP) is 20.9. The van der Waals surface area contributed by atoms with Crippen LogP contribution in [0.1, 0.15) is 144 Å². The van der Waals surface area contributed by atoms with Crippen molar-refractivity contribution in [1.82, 2.24) is 0 Å². The lowest BCUT2D eigenvalue weighted by atomic mass is 9.68. The van der Waals surface area contributed by atoms with Gasteiger partial charge in [-0.2, -0.15) is 0 Å². The zero-order valence-electron chi connectivity index (χ0n) is 43.0. The van der Waals surface area contributed by atoms with Crippen molar-refractivity contribution in [3.63, 3.8) is 0 Å². The molecule has 0 spiro atoms. The van der Waals surface area contributed by atoms with Crippen LogP contribution in [0.3, 0.4) is 0 Å². The van der Waals surface area contributed by atoms with Crippen LogP contribution in [-0.4, -0.2) is 0 Å². The molecule has 8 aromatic carbocycles. The van der Waals surface area contributed by atoms with Gasteiger partial charge in [-0.05, 0) is 50.9 Å². The summed E-state index contributed by atoms with van der Waals surface area (Å²) in [7, 11) is 0. The molecule has 0 N–H and O–H groups in total. The lowest BCUT2D eigenvalue weighted by Gasteiger charge is -2.33. The molecule has 0 aliphatic heterocycles. The summed E-state index contributed by atoms with van der Waals surface area (Å²) < 4.78 is 0. The van der Waals surface area contributed by atoms with Gasteiger partial charge in [0.05, 0.1) is 5.41 Å². The molecule has 8 aromatic rings. The highest BCUT2D eigenvalue weighted by Gasteiger charge is 2.45. The Kier molecular flexibility index (Phi) is 44.0. The fourth-order valence-corrected chi connectivity index (χ4v) is 6.60. The molecule has 0 aromatic heterocycles. The van der Waals surface area contributed by atoms with Gasteiger partial charge in [0.25, 0.3) is 0 Å². The largest absolute Gasteiger partial charge is 0.0776 e. The molecule has 0 saturated carbocycles. The van der Waals surface area contributed by atoms with Gasteiger partial charge in [0.1, 0.15) is 0 Å². The Labute approximate surface area is 407 Å². The van der Waals surface area contributed by atoms with Crippen LogP contribution in [0.2, 0.25) is 0 Å². The number of hydrogen-bond acceptors (Lipinski definition) is 0. The molecule has 66 heavy (non-hydrogen) atoms. The van der Waals surface area contributed by atoms with Crippen LogP contribution in [0, 0.1) is 0 Å². The molecule has 0 saturated heterocycles. The van der Waals surface area contributed by atoms with E-state index in [1.807, 2.05) is 156 Å². The molecule has 0 nitrogen and oxygen atoms in total. The minimum absolute atomic E-state index is 0. The van der Waals surface area contributed by atoms with E-state index in [0.29, 0.717) is 0 Å². The van der Waals surface area contributed by atoms with Crippen LogP contribution in [0.15, 0.2) is 243 Å². The van der Waals surface area contributed by atoms with Crippen LogP contribution in [-0.2, 0) is 11.8 Å². The van der Waals surface area contributed by atoms with E-state index in [0.717, 1.165) is 6.42 Å².